The Morgan fingerprint density at radius 1 is 1.19 bits per heavy atom. The Labute approximate surface area is 167 Å². The smallest absolute Gasteiger partial charge is 0.283 e. The van der Waals surface area contributed by atoms with Gasteiger partial charge in [0.15, 0.2) is 17.1 Å². The first-order chi connectivity index (χ1) is 12.8. The van der Waals surface area contributed by atoms with Gasteiger partial charge in [-0.2, -0.15) is 5.10 Å². The molecular formula is C19H18Cl2N2O4. The van der Waals surface area contributed by atoms with Gasteiger partial charge in [0.2, 0.25) is 6.79 Å². The van der Waals surface area contributed by atoms with Crippen LogP contribution in [0.1, 0.15) is 25.0 Å². The van der Waals surface area contributed by atoms with Crippen molar-refractivity contribution in [3.63, 3.8) is 0 Å². The number of benzene rings is 2. The highest BCUT2D eigenvalue weighted by Gasteiger charge is 2.30. The molecule has 0 bridgehead atoms. The maximum atomic E-state index is 12.4. The second-order valence-corrected chi connectivity index (χ2v) is 7.26. The second-order valence-electron chi connectivity index (χ2n) is 6.45. The van der Waals surface area contributed by atoms with E-state index in [1.165, 1.54) is 6.21 Å². The summed E-state index contributed by atoms with van der Waals surface area (Å²) in [6.07, 6.45) is 1.44. The normalized spacial score (nSPS) is 13.1. The molecule has 1 heterocycles. The number of carbonyl (C=O) groups excluding carboxylic acids is 1. The number of nitrogens with zero attached hydrogens (tertiary/aromatic N) is 1. The molecule has 0 atom stereocenters. The minimum atomic E-state index is -1.14. The van der Waals surface area contributed by atoms with E-state index in [0.717, 1.165) is 5.56 Å². The Morgan fingerprint density at radius 2 is 1.89 bits per heavy atom. The lowest BCUT2D eigenvalue weighted by Gasteiger charge is -2.24. The zero-order valence-electron chi connectivity index (χ0n) is 15.0. The molecule has 0 fully saturated rings. The molecule has 2 aromatic carbocycles. The maximum absolute atomic E-state index is 12.4. The zero-order valence-corrected chi connectivity index (χ0v) is 16.5. The van der Waals surface area contributed by atoms with Crippen molar-refractivity contribution in [2.24, 2.45) is 5.10 Å². The quantitative estimate of drug-likeness (QED) is 0.589. The topological polar surface area (TPSA) is 69.2 Å². The second kappa shape index (κ2) is 7.66. The van der Waals surface area contributed by atoms with Crippen LogP contribution in [0.4, 0.5) is 0 Å². The average Bonchev–Trinajstić information content (AvgIpc) is 3.05. The SMILES string of the molecule is Cc1cc(OC(C)(C)C(=O)NN=Cc2cc3c(cc2Cl)OCO3)ccc1Cl. The molecule has 0 aromatic heterocycles. The van der Waals surface area contributed by atoms with E-state index in [9.17, 15) is 4.79 Å². The summed E-state index contributed by atoms with van der Waals surface area (Å²) in [5.74, 6) is 1.28. The summed E-state index contributed by atoms with van der Waals surface area (Å²) in [7, 11) is 0. The predicted molar refractivity (Wildman–Crippen MR) is 104 cm³/mol. The number of ether oxygens (including phenoxy) is 3. The molecule has 142 valence electrons. The summed E-state index contributed by atoms with van der Waals surface area (Å²) in [5.41, 5.74) is 2.77. The maximum Gasteiger partial charge on any atom is 0.283 e. The highest BCUT2D eigenvalue weighted by atomic mass is 35.5. The number of aryl methyl sites for hydroxylation is 1. The minimum Gasteiger partial charge on any atom is -0.478 e. The molecular weight excluding hydrogens is 391 g/mol. The standard InChI is InChI=1S/C19H18Cl2N2O4/c1-11-6-13(4-5-14(11)20)27-19(2,3)18(24)23-22-9-12-7-16-17(8-15(12)21)26-10-25-16/h4-9H,10H2,1-3H3,(H,23,24). The van der Waals surface area contributed by atoms with Crippen LogP contribution < -0.4 is 19.6 Å². The molecule has 1 amide bonds. The molecule has 2 aromatic rings. The molecule has 1 aliphatic rings. The molecule has 0 aliphatic carbocycles. The summed E-state index contributed by atoms with van der Waals surface area (Å²) >= 11 is 12.2. The summed E-state index contributed by atoms with van der Waals surface area (Å²) < 4.78 is 16.3. The molecule has 0 saturated heterocycles. The van der Waals surface area contributed by atoms with Crippen LogP contribution in [-0.4, -0.2) is 24.5 Å². The fourth-order valence-electron chi connectivity index (χ4n) is 2.35. The van der Waals surface area contributed by atoms with Crippen LogP contribution in [0.2, 0.25) is 10.0 Å². The van der Waals surface area contributed by atoms with E-state index in [1.807, 2.05) is 6.92 Å². The van der Waals surface area contributed by atoms with Crippen LogP contribution in [0, 0.1) is 6.92 Å². The van der Waals surface area contributed by atoms with Crippen LogP contribution in [0.25, 0.3) is 0 Å². The summed E-state index contributed by atoms with van der Waals surface area (Å²) in [5, 5.41) is 5.03. The molecule has 1 N–H and O–H groups in total. The van der Waals surface area contributed by atoms with E-state index in [-0.39, 0.29) is 6.79 Å². The van der Waals surface area contributed by atoms with Crippen LogP contribution in [0.15, 0.2) is 35.4 Å². The summed E-state index contributed by atoms with van der Waals surface area (Å²) in [6.45, 7) is 5.31. The molecule has 0 radical (unpaired) electrons. The molecule has 3 rings (SSSR count). The molecule has 0 spiro atoms. The van der Waals surface area contributed by atoms with Crippen molar-refractivity contribution < 1.29 is 19.0 Å². The molecule has 8 heteroatoms. The van der Waals surface area contributed by atoms with Crippen molar-refractivity contribution >= 4 is 35.3 Å². The Balaban J connectivity index is 1.65. The van der Waals surface area contributed by atoms with E-state index in [2.05, 4.69) is 10.5 Å². The van der Waals surface area contributed by atoms with Crippen LogP contribution in [-0.2, 0) is 4.79 Å². The molecule has 1 aliphatic heterocycles. The van der Waals surface area contributed by atoms with Gasteiger partial charge in [-0.15, -0.1) is 0 Å². The van der Waals surface area contributed by atoms with Crippen LogP contribution >= 0.6 is 23.2 Å². The van der Waals surface area contributed by atoms with E-state index in [4.69, 9.17) is 37.4 Å². The lowest BCUT2D eigenvalue weighted by molar-refractivity contribution is -0.134. The number of amides is 1. The number of carbonyl (C=O) groups is 1. The molecule has 6 nitrogen and oxygen atoms in total. The van der Waals surface area contributed by atoms with E-state index in [1.54, 1.807) is 44.2 Å². The molecule has 27 heavy (non-hydrogen) atoms. The molecule has 0 saturated carbocycles. The van der Waals surface area contributed by atoms with Crippen molar-refractivity contribution in [2.75, 3.05) is 6.79 Å². The fraction of sp³-hybridized carbons (Fsp3) is 0.263. The number of hydrogen-bond donors (Lipinski definition) is 1. The fourth-order valence-corrected chi connectivity index (χ4v) is 2.67. The number of hydrazone groups is 1. The van der Waals surface area contributed by atoms with Gasteiger partial charge in [-0.1, -0.05) is 23.2 Å². The first kappa shape index (κ1) is 19.3. The largest absolute Gasteiger partial charge is 0.478 e. The van der Waals surface area contributed by atoms with Crippen LogP contribution in [0.3, 0.4) is 0 Å². The first-order valence-electron chi connectivity index (χ1n) is 8.14. The van der Waals surface area contributed by atoms with Crippen molar-refractivity contribution in [1.82, 2.24) is 5.43 Å². The average molecular weight is 409 g/mol. The lowest BCUT2D eigenvalue weighted by atomic mass is 10.1. The van der Waals surface area contributed by atoms with E-state index in [0.29, 0.717) is 32.9 Å². The Bertz CT molecular complexity index is 913. The number of rotatable bonds is 5. The van der Waals surface area contributed by atoms with Crippen molar-refractivity contribution in [3.05, 3.63) is 51.5 Å². The van der Waals surface area contributed by atoms with Crippen molar-refractivity contribution in [3.8, 4) is 17.2 Å². The van der Waals surface area contributed by atoms with Gasteiger partial charge in [-0.25, -0.2) is 5.43 Å². The van der Waals surface area contributed by atoms with Crippen molar-refractivity contribution in [2.45, 2.75) is 26.4 Å². The van der Waals surface area contributed by atoms with Gasteiger partial charge in [-0.3, -0.25) is 4.79 Å². The summed E-state index contributed by atoms with van der Waals surface area (Å²) in [6, 6.07) is 8.54. The van der Waals surface area contributed by atoms with Gasteiger partial charge in [0.1, 0.15) is 5.75 Å². The third kappa shape index (κ3) is 4.46. The summed E-state index contributed by atoms with van der Waals surface area (Å²) in [4.78, 5) is 12.4. The third-order valence-corrected chi connectivity index (χ3v) is 4.66. The van der Waals surface area contributed by atoms with Gasteiger partial charge in [0, 0.05) is 16.7 Å². The number of nitrogens with one attached hydrogen (secondary N) is 1. The Hall–Kier alpha value is -2.44. The molecule has 0 unspecified atom stereocenters. The van der Waals surface area contributed by atoms with Crippen LogP contribution in [0.5, 0.6) is 17.2 Å². The predicted octanol–water partition coefficient (Wildman–Crippen LogP) is 4.34. The Morgan fingerprint density at radius 3 is 2.59 bits per heavy atom. The van der Waals surface area contributed by atoms with E-state index < -0.39 is 11.5 Å². The Kier molecular flexibility index (Phi) is 5.48. The van der Waals surface area contributed by atoms with Gasteiger partial charge in [0.25, 0.3) is 5.91 Å². The van der Waals surface area contributed by atoms with Crippen molar-refractivity contribution in [1.29, 1.82) is 0 Å². The zero-order chi connectivity index (χ0) is 19.6. The highest BCUT2D eigenvalue weighted by Crippen LogP contribution is 2.36. The monoisotopic (exact) mass is 408 g/mol. The number of hydrogen-bond acceptors (Lipinski definition) is 5. The highest BCUT2D eigenvalue weighted by molar-refractivity contribution is 6.33. The number of fused-ring (bicyclic) bond motifs is 1. The number of halogens is 2. The third-order valence-electron chi connectivity index (χ3n) is 3.91. The lowest BCUT2D eigenvalue weighted by Crippen LogP contribution is -2.44. The minimum absolute atomic E-state index is 0.151. The van der Waals surface area contributed by atoms with Gasteiger partial charge >= 0.3 is 0 Å². The van der Waals surface area contributed by atoms with E-state index >= 15 is 0 Å². The first-order valence-corrected chi connectivity index (χ1v) is 8.90. The van der Waals surface area contributed by atoms with Gasteiger partial charge in [-0.05, 0) is 50.6 Å². The van der Waals surface area contributed by atoms with Gasteiger partial charge in [0.05, 0.1) is 11.2 Å². The van der Waals surface area contributed by atoms with Gasteiger partial charge < -0.3 is 14.2 Å².